The first-order valence-corrected chi connectivity index (χ1v) is 5.88. The second-order valence-electron chi connectivity index (χ2n) is 4.23. The summed E-state index contributed by atoms with van der Waals surface area (Å²) in [7, 11) is 0. The molecule has 1 aliphatic heterocycles. The number of hydrogen-bond donors (Lipinski definition) is 1. The van der Waals surface area contributed by atoms with E-state index in [0.717, 1.165) is 17.9 Å². The molecule has 6 nitrogen and oxygen atoms in total. The largest absolute Gasteiger partial charge is 0.353 e. The Bertz CT molecular complexity index is 600. The average molecular weight is 243 g/mol. The van der Waals surface area contributed by atoms with E-state index in [1.54, 1.807) is 12.4 Å². The van der Waals surface area contributed by atoms with Crippen molar-refractivity contribution in [3.63, 3.8) is 0 Å². The summed E-state index contributed by atoms with van der Waals surface area (Å²) in [6, 6.07) is 3.55. The fourth-order valence-electron chi connectivity index (χ4n) is 2.10. The molecule has 0 aromatic carbocycles. The number of nitrogens with one attached hydrogen (secondary N) is 1. The number of pyridine rings is 1. The zero-order chi connectivity index (χ0) is 12.5. The van der Waals surface area contributed by atoms with Crippen LogP contribution in [0.3, 0.4) is 0 Å². The fourth-order valence-corrected chi connectivity index (χ4v) is 2.10. The van der Waals surface area contributed by atoms with Crippen LogP contribution < -0.4 is 10.2 Å². The van der Waals surface area contributed by atoms with Gasteiger partial charge < -0.3 is 10.2 Å². The Labute approximate surface area is 104 Å². The lowest BCUT2D eigenvalue weighted by molar-refractivity contribution is -0.122. The Morgan fingerprint density at radius 1 is 1.33 bits per heavy atom. The van der Waals surface area contributed by atoms with Crippen LogP contribution >= 0.6 is 0 Å². The molecule has 6 heteroatoms. The van der Waals surface area contributed by atoms with Gasteiger partial charge in [0.05, 0.1) is 0 Å². The standard InChI is InChI=1S/C12H13N5O/c1-8-12(18)15-6-7-17(8)10-3-2-9-11(16-10)14-5-4-13-9/h2-5,8H,6-7H2,1H3,(H,15,18). The summed E-state index contributed by atoms with van der Waals surface area (Å²) in [5, 5.41) is 2.83. The Kier molecular flexibility index (Phi) is 2.55. The highest BCUT2D eigenvalue weighted by Crippen LogP contribution is 2.18. The first-order valence-electron chi connectivity index (χ1n) is 5.88. The van der Waals surface area contributed by atoms with E-state index in [1.807, 2.05) is 24.0 Å². The lowest BCUT2D eigenvalue weighted by Crippen LogP contribution is -2.54. The van der Waals surface area contributed by atoms with Crippen LogP contribution in [0.4, 0.5) is 5.82 Å². The van der Waals surface area contributed by atoms with Crippen LogP contribution in [0.2, 0.25) is 0 Å². The SMILES string of the molecule is CC1C(=O)NCCN1c1ccc2nccnc2n1. The van der Waals surface area contributed by atoms with Crippen LogP contribution in [-0.2, 0) is 4.79 Å². The topological polar surface area (TPSA) is 71.0 Å². The molecule has 3 heterocycles. The van der Waals surface area contributed by atoms with Crippen LogP contribution in [-0.4, -0.2) is 40.0 Å². The molecule has 1 amide bonds. The van der Waals surface area contributed by atoms with Gasteiger partial charge in [-0.1, -0.05) is 0 Å². The average Bonchev–Trinajstić information content (AvgIpc) is 2.41. The van der Waals surface area contributed by atoms with Gasteiger partial charge in [-0.25, -0.2) is 9.97 Å². The van der Waals surface area contributed by atoms with Gasteiger partial charge >= 0.3 is 0 Å². The molecule has 0 radical (unpaired) electrons. The zero-order valence-corrected chi connectivity index (χ0v) is 10.00. The van der Waals surface area contributed by atoms with Gasteiger partial charge in [0, 0.05) is 25.5 Å². The van der Waals surface area contributed by atoms with Crippen molar-refractivity contribution in [1.82, 2.24) is 20.3 Å². The first kappa shape index (κ1) is 10.9. The Morgan fingerprint density at radius 2 is 2.17 bits per heavy atom. The molecule has 1 atom stereocenters. The molecule has 1 unspecified atom stereocenters. The molecule has 1 N–H and O–H groups in total. The molecule has 1 saturated heterocycles. The zero-order valence-electron chi connectivity index (χ0n) is 10.00. The van der Waals surface area contributed by atoms with E-state index >= 15 is 0 Å². The van der Waals surface area contributed by atoms with Gasteiger partial charge in [0.15, 0.2) is 5.65 Å². The fraction of sp³-hybridized carbons (Fsp3) is 0.333. The number of nitrogens with zero attached hydrogens (tertiary/aromatic N) is 4. The van der Waals surface area contributed by atoms with Crippen LogP contribution in [0.5, 0.6) is 0 Å². The summed E-state index contributed by atoms with van der Waals surface area (Å²) >= 11 is 0. The summed E-state index contributed by atoms with van der Waals surface area (Å²) in [5.74, 6) is 0.799. The highest BCUT2D eigenvalue weighted by Gasteiger charge is 2.26. The highest BCUT2D eigenvalue weighted by molar-refractivity contribution is 5.86. The number of carbonyl (C=O) groups is 1. The van der Waals surface area contributed by atoms with E-state index in [2.05, 4.69) is 20.3 Å². The maximum Gasteiger partial charge on any atom is 0.242 e. The van der Waals surface area contributed by atoms with Crippen molar-refractivity contribution < 1.29 is 4.79 Å². The van der Waals surface area contributed by atoms with E-state index in [9.17, 15) is 4.79 Å². The van der Waals surface area contributed by atoms with Crippen LogP contribution in [0.1, 0.15) is 6.92 Å². The number of carbonyl (C=O) groups excluding carboxylic acids is 1. The Morgan fingerprint density at radius 3 is 3.06 bits per heavy atom. The lowest BCUT2D eigenvalue weighted by atomic mass is 10.2. The van der Waals surface area contributed by atoms with Crippen LogP contribution in [0, 0.1) is 0 Å². The van der Waals surface area contributed by atoms with Crippen molar-refractivity contribution in [2.45, 2.75) is 13.0 Å². The predicted octanol–water partition coefficient (Wildman–Crippen LogP) is 0.349. The summed E-state index contributed by atoms with van der Waals surface area (Å²) in [5.41, 5.74) is 1.36. The third kappa shape index (κ3) is 1.75. The van der Waals surface area contributed by atoms with Gasteiger partial charge in [0.25, 0.3) is 0 Å². The second-order valence-corrected chi connectivity index (χ2v) is 4.23. The molecule has 92 valence electrons. The number of piperazine rings is 1. The summed E-state index contributed by atoms with van der Waals surface area (Å²) < 4.78 is 0. The number of anilines is 1. The van der Waals surface area contributed by atoms with E-state index in [0.29, 0.717) is 12.2 Å². The molecule has 18 heavy (non-hydrogen) atoms. The minimum absolute atomic E-state index is 0.0299. The Hall–Kier alpha value is -2.24. The monoisotopic (exact) mass is 243 g/mol. The minimum Gasteiger partial charge on any atom is -0.353 e. The van der Waals surface area contributed by atoms with Gasteiger partial charge in [-0.3, -0.25) is 9.78 Å². The Balaban J connectivity index is 2.00. The lowest BCUT2D eigenvalue weighted by Gasteiger charge is -2.33. The van der Waals surface area contributed by atoms with Crippen molar-refractivity contribution in [1.29, 1.82) is 0 Å². The molecular weight excluding hydrogens is 230 g/mol. The summed E-state index contributed by atoms with van der Waals surface area (Å²) in [6.07, 6.45) is 3.26. The van der Waals surface area contributed by atoms with Gasteiger partial charge in [-0.05, 0) is 19.1 Å². The predicted molar refractivity (Wildman–Crippen MR) is 67.2 cm³/mol. The van der Waals surface area contributed by atoms with E-state index in [4.69, 9.17) is 0 Å². The van der Waals surface area contributed by atoms with Crippen LogP contribution in [0.25, 0.3) is 11.2 Å². The normalized spacial score (nSPS) is 19.9. The molecule has 0 saturated carbocycles. The summed E-state index contributed by atoms with van der Waals surface area (Å²) in [4.78, 5) is 26.4. The molecule has 1 aliphatic rings. The highest BCUT2D eigenvalue weighted by atomic mass is 16.2. The molecule has 0 spiro atoms. The number of hydrogen-bond acceptors (Lipinski definition) is 5. The van der Waals surface area contributed by atoms with E-state index in [1.165, 1.54) is 0 Å². The number of amides is 1. The molecule has 1 fully saturated rings. The van der Waals surface area contributed by atoms with Crippen molar-refractivity contribution in [3.8, 4) is 0 Å². The smallest absolute Gasteiger partial charge is 0.242 e. The van der Waals surface area contributed by atoms with Gasteiger partial charge in [0.2, 0.25) is 5.91 Å². The third-order valence-corrected chi connectivity index (χ3v) is 3.11. The molecular formula is C12H13N5O. The van der Waals surface area contributed by atoms with Crippen molar-refractivity contribution in [2.24, 2.45) is 0 Å². The van der Waals surface area contributed by atoms with Gasteiger partial charge in [-0.2, -0.15) is 0 Å². The third-order valence-electron chi connectivity index (χ3n) is 3.11. The first-order chi connectivity index (χ1) is 8.75. The van der Waals surface area contributed by atoms with Crippen molar-refractivity contribution in [2.75, 3.05) is 18.0 Å². The molecule has 3 rings (SSSR count). The molecule has 2 aromatic heterocycles. The number of fused-ring (bicyclic) bond motifs is 1. The maximum atomic E-state index is 11.6. The van der Waals surface area contributed by atoms with Crippen molar-refractivity contribution in [3.05, 3.63) is 24.5 Å². The maximum absolute atomic E-state index is 11.6. The number of aromatic nitrogens is 3. The second kappa shape index (κ2) is 4.21. The van der Waals surface area contributed by atoms with Crippen LogP contribution in [0.15, 0.2) is 24.5 Å². The van der Waals surface area contributed by atoms with Gasteiger partial charge in [-0.15, -0.1) is 0 Å². The molecule has 0 aliphatic carbocycles. The van der Waals surface area contributed by atoms with Gasteiger partial charge in [0.1, 0.15) is 17.4 Å². The molecule has 2 aromatic rings. The van der Waals surface area contributed by atoms with Crippen molar-refractivity contribution >= 4 is 22.9 Å². The molecule has 0 bridgehead atoms. The van der Waals surface area contributed by atoms with E-state index < -0.39 is 0 Å². The van der Waals surface area contributed by atoms with E-state index in [-0.39, 0.29) is 11.9 Å². The minimum atomic E-state index is -0.208. The summed E-state index contributed by atoms with van der Waals surface area (Å²) in [6.45, 7) is 3.27. The number of rotatable bonds is 1. The quantitative estimate of drug-likeness (QED) is 0.782.